The molecule has 1 saturated heterocycles. The van der Waals surface area contributed by atoms with Gasteiger partial charge in [0.05, 0.1) is 4.91 Å². The fourth-order valence-electron chi connectivity index (χ4n) is 2.44. The standard InChI is InChI=1S/C16H17N3O2S/c1-2-3-6-13-15(20)19(16(21)22-13)10-8-12-5-4-7-14-17-9-11-18(12)14/h4-7,9,11H,2-3,8,10H2,1H3/b13-6+. The van der Waals surface area contributed by atoms with Crippen LogP contribution in [-0.4, -0.2) is 32.0 Å². The molecule has 2 aromatic heterocycles. The van der Waals surface area contributed by atoms with Crippen LogP contribution in [0.1, 0.15) is 25.5 Å². The highest BCUT2D eigenvalue weighted by molar-refractivity contribution is 8.18. The third kappa shape index (κ3) is 2.78. The van der Waals surface area contributed by atoms with Crippen LogP contribution < -0.4 is 0 Å². The van der Waals surface area contributed by atoms with Crippen molar-refractivity contribution in [2.24, 2.45) is 0 Å². The van der Waals surface area contributed by atoms with Gasteiger partial charge in [-0.15, -0.1) is 0 Å². The lowest BCUT2D eigenvalue weighted by Crippen LogP contribution is -2.30. The van der Waals surface area contributed by atoms with Crippen LogP contribution in [0, 0.1) is 0 Å². The van der Waals surface area contributed by atoms with Crippen molar-refractivity contribution in [2.45, 2.75) is 26.2 Å². The monoisotopic (exact) mass is 315 g/mol. The molecule has 1 aliphatic rings. The molecule has 3 heterocycles. The summed E-state index contributed by atoms with van der Waals surface area (Å²) in [6.07, 6.45) is 7.90. The maximum Gasteiger partial charge on any atom is 0.293 e. The second-order valence-electron chi connectivity index (χ2n) is 5.10. The number of nitrogens with zero attached hydrogens (tertiary/aromatic N) is 3. The lowest BCUT2D eigenvalue weighted by atomic mass is 10.2. The summed E-state index contributed by atoms with van der Waals surface area (Å²) >= 11 is 1.04. The Kier molecular flexibility index (Phi) is 4.29. The SMILES string of the molecule is CCC/C=C1/SC(=O)N(CCc2cccc3nccn23)C1=O. The van der Waals surface area contributed by atoms with Crippen molar-refractivity contribution in [3.05, 3.63) is 47.3 Å². The van der Waals surface area contributed by atoms with E-state index in [2.05, 4.69) is 4.98 Å². The number of fused-ring (bicyclic) bond motifs is 1. The number of allylic oxidation sites excluding steroid dienone is 1. The maximum atomic E-state index is 12.3. The normalized spacial score (nSPS) is 17.1. The van der Waals surface area contributed by atoms with Gasteiger partial charge in [-0.1, -0.05) is 25.5 Å². The number of hydrogen-bond donors (Lipinski definition) is 0. The molecular formula is C16H17N3O2S. The predicted molar refractivity (Wildman–Crippen MR) is 86.6 cm³/mol. The van der Waals surface area contributed by atoms with E-state index in [-0.39, 0.29) is 11.1 Å². The van der Waals surface area contributed by atoms with Crippen LogP contribution in [-0.2, 0) is 11.2 Å². The molecule has 5 nitrogen and oxygen atoms in total. The topological polar surface area (TPSA) is 54.7 Å². The molecule has 2 aromatic rings. The van der Waals surface area contributed by atoms with Gasteiger partial charge in [0.15, 0.2) is 0 Å². The molecule has 1 fully saturated rings. The number of hydrogen-bond acceptors (Lipinski definition) is 4. The van der Waals surface area contributed by atoms with E-state index in [1.54, 1.807) is 6.20 Å². The highest BCUT2D eigenvalue weighted by Gasteiger charge is 2.34. The summed E-state index contributed by atoms with van der Waals surface area (Å²) in [6, 6.07) is 5.85. The van der Waals surface area contributed by atoms with Crippen molar-refractivity contribution < 1.29 is 9.59 Å². The predicted octanol–water partition coefficient (Wildman–Crippen LogP) is 3.26. The van der Waals surface area contributed by atoms with Gasteiger partial charge in [0, 0.05) is 31.1 Å². The summed E-state index contributed by atoms with van der Waals surface area (Å²) < 4.78 is 1.98. The summed E-state index contributed by atoms with van der Waals surface area (Å²) in [4.78, 5) is 30.4. The van der Waals surface area contributed by atoms with E-state index in [0.29, 0.717) is 17.9 Å². The van der Waals surface area contributed by atoms with Crippen molar-refractivity contribution in [3.63, 3.8) is 0 Å². The fourth-order valence-corrected chi connectivity index (χ4v) is 3.31. The number of pyridine rings is 1. The van der Waals surface area contributed by atoms with E-state index >= 15 is 0 Å². The van der Waals surface area contributed by atoms with E-state index < -0.39 is 0 Å². The highest BCUT2D eigenvalue weighted by atomic mass is 32.2. The summed E-state index contributed by atoms with van der Waals surface area (Å²) in [5.41, 5.74) is 1.90. The molecule has 0 atom stereocenters. The van der Waals surface area contributed by atoms with Gasteiger partial charge >= 0.3 is 0 Å². The van der Waals surface area contributed by atoms with Gasteiger partial charge in [0.2, 0.25) is 0 Å². The van der Waals surface area contributed by atoms with Gasteiger partial charge in [0.1, 0.15) is 5.65 Å². The van der Waals surface area contributed by atoms with Crippen LogP contribution in [0.15, 0.2) is 41.6 Å². The zero-order valence-corrected chi connectivity index (χ0v) is 13.2. The molecule has 1 aliphatic heterocycles. The Hall–Kier alpha value is -2.08. The van der Waals surface area contributed by atoms with Gasteiger partial charge in [0.25, 0.3) is 11.1 Å². The Bertz CT molecular complexity index is 751. The molecule has 0 spiro atoms. The second-order valence-corrected chi connectivity index (χ2v) is 6.10. The van der Waals surface area contributed by atoms with Crippen LogP contribution in [0.4, 0.5) is 4.79 Å². The van der Waals surface area contributed by atoms with Crippen LogP contribution in [0.5, 0.6) is 0 Å². The number of thioether (sulfide) groups is 1. The van der Waals surface area contributed by atoms with Crippen molar-refractivity contribution >= 4 is 28.6 Å². The van der Waals surface area contributed by atoms with Gasteiger partial charge in [-0.2, -0.15) is 0 Å². The lowest BCUT2D eigenvalue weighted by Gasteiger charge is -2.13. The summed E-state index contributed by atoms with van der Waals surface area (Å²) in [5, 5.41) is -0.176. The quantitative estimate of drug-likeness (QED) is 0.795. The van der Waals surface area contributed by atoms with Gasteiger partial charge < -0.3 is 4.40 Å². The highest BCUT2D eigenvalue weighted by Crippen LogP contribution is 2.31. The minimum absolute atomic E-state index is 0.166. The number of carbonyl (C=O) groups is 2. The zero-order chi connectivity index (χ0) is 15.5. The molecule has 0 aromatic carbocycles. The first kappa shape index (κ1) is 14.8. The summed E-state index contributed by atoms with van der Waals surface area (Å²) in [5.74, 6) is -0.166. The molecule has 114 valence electrons. The first-order valence-electron chi connectivity index (χ1n) is 7.35. The third-order valence-electron chi connectivity index (χ3n) is 3.60. The van der Waals surface area contributed by atoms with E-state index in [1.165, 1.54) is 4.90 Å². The smallest absolute Gasteiger partial charge is 0.293 e. The molecule has 2 amide bonds. The molecule has 22 heavy (non-hydrogen) atoms. The summed E-state index contributed by atoms with van der Waals surface area (Å²) in [6.45, 7) is 2.44. The molecule has 0 unspecified atom stereocenters. The van der Waals surface area contributed by atoms with Crippen molar-refractivity contribution in [1.29, 1.82) is 0 Å². The van der Waals surface area contributed by atoms with Crippen molar-refractivity contribution in [1.82, 2.24) is 14.3 Å². The average molecular weight is 315 g/mol. The average Bonchev–Trinajstić information content (AvgIpc) is 3.09. The molecule has 3 rings (SSSR count). The first-order valence-corrected chi connectivity index (χ1v) is 8.17. The first-order chi connectivity index (χ1) is 10.7. The van der Waals surface area contributed by atoms with Gasteiger partial charge in [-0.25, -0.2) is 4.98 Å². The largest absolute Gasteiger partial charge is 0.304 e. The number of unbranched alkanes of at least 4 members (excludes halogenated alkanes) is 1. The minimum Gasteiger partial charge on any atom is -0.304 e. The van der Waals surface area contributed by atoms with Crippen LogP contribution in [0.2, 0.25) is 0 Å². The Morgan fingerprint density at radius 2 is 2.18 bits per heavy atom. The zero-order valence-electron chi connectivity index (χ0n) is 12.4. The number of aromatic nitrogens is 2. The Morgan fingerprint density at radius 3 is 3.00 bits per heavy atom. The Labute approximate surface area is 133 Å². The molecule has 0 saturated carbocycles. The lowest BCUT2D eigenvalue weighted by molar-refractivity contribution is -0.122. The number of imidazole rings is 1. The fraction of sp³-hybridized carbons (Fsp3) is 0.312. The van der Waals surface area contributed by atoms with Crippen LogP contribution in [0.3, 0.4) is 0 Å². The van der Waals surface area contributed by atoms with E-state index in [9.17, 15) is 9.59 Å². The van der Waals surface area contributed by atoms with Crippen LogP contribution in [0.25, 0.3) is 5.65 Å². The molecule has 0 aliphatic carbocycles. The Morgan fingerprint density at radius 1 is 1.32 bits per heavy atom. The number of imide groups is 1. The van der Waals surface area contributed by atoms with Gasteiger partial charge in [-0.05, 0) is 30.3 Å². The van der Waals surface area contributed by atoms with Crippen molar-refractivity contribution in [3.8, 4) is 0 Å². The minimum atomic E-state index is -0.176. The molecule has 0 radical (unpaired) electrons. The van der Waals surface area contributed by atoms with Crippen molar-refractivity contribution in [2.75, 3.05) is 6.54 Å². The Balaban J connectivity index is 1.72. The van der Waals surface area contributed by atoms with Crippen LogP contribution >= 0.6 is 11.8 Å². The third-order valence-corrected chi connectivity index (χ3v) is 4.55. The molecular weight excluding hydrogens is 298 g/mol. The molecule has 0 N–H and O–H groups in total. The van der Waals surface area contributed by atoms with E-state index in [1.807, 2.05) is 41.8 Å². The second kappa shape index (κ2) is 6.36. The van der Waals surface area contributed by atoms with E-state index in [4.69, 9.17) is 0 Å². The molecule has 6 heteroatoms. The molecule has 0 bridgehead atoms. The number of rotatable bonds is 5. The van der Waals surface area contributed by atoms with Gasteiger partial charge in [-0.3, -0.25) is 14.5 Å². The number of carbonyl (C=O) groups excluding carboxylic acids is 2. The number of amides is 2. The maximum absolute atomic E-state index is 12.3. The summed E-state index contributed by atoms with van der Waals surface area (Å²) in [7, 11) is 0. The van der Waals surface area contributed by atoms with E-state index in [0.717, 1.165) is 35.9 Å².